The first-order valence-electron chi connectivity index (χ1n) is 18.3. The highest BCUT2D eigenvalue weighted by atomic mass is 15.0. The van der Waals surface area contributed by atoms with Gasteiger partial charge in [-0.05, 0) is 70.4 Å². The van der Waals surface area contributed by atoms with E-state index in [1.807, 2.05) is 6.07 Å². The number of benzene rings is 8. The van der Waals surface area contributed by atoms with Crippen LogP contribution in [-0.2, 0) is 0 Å². The molecule has 0 spiro atoms. The van der Waals surface area contributed by atoms with Gasteiger partial charge in [0.1, 0.15) is 0 Å². The van der Waals surface area contributed by atoms with E-state index < -0.39 is 0 Å². The van der Waals surface area contributed by atoms with Crippen LogP contribution in [0.25, 0.3) is 99.5 Å². The van der Waals surface area contributed by atoms with Crippen LogP contribution in [-0.4, -0.2) is 19.1 Å². The van der Waals surface area contributed by atoms with Gasteiger partial charge < -0.3 is 9.13 Å². The van der Waals surface area contributed by atoms with Gasteiger partial charge in [-0.25, -0.2) is 9.97 Å². The number of aromatic nitrogens is 4. The Morgan fingerprint density at radius 3 is 2.00 bits per heavy atom. The molecule has 0 fully saturated rings. The Morgan fingerprint density at radius 2 is 1.11 bits per heavy atom. The number of hydrogen-bond acceptors (Lipinski definition) is 2. The summed E-state index contributed by atoms with van der Waals surface area (Å²) < 4.78 is 4.69. The summed E-state index contributed by atoms with van der Waals surface area (Å²) in [7, 11) is 0. The van der Waals surface area contributed by atoms with Gasteiger partial charge >= 0.3 is 0 Å². The average Bonchev–Trinajstić information content (AvgIpc) is 3.83. The zero-order chi connectivity index (χ0) is 35.6. The van der Waals surface area contributed by atoms with Crippen LogP contribution in [0.1, 0.15) is 0 Å². The van der Waals surface area contributed by atoms with Gasteiger partial charge in [0.05, 0.1) is 27.8 Å². The van der Waals surface area contributed by atoms with E-state index in [0.29, 0.717) is 5.82 Å². The second-order valence-corrected chi connectivity index (χ2v) is 13.8. The molecular formula is C50H32N4. The van der Waals surface area contributed by atoms with Gasteiger partial charge in [-0.1, -0.05) is 140 Å². The van der Waals surface area contributed by atoms with Crippen molar-refractivity contribution >= 4 is 54.4 Å². The summed E-state index contributed by atoms with van der Waals surface area (Å²) in [4.78, 5) is 10.4. The Kier molecular flexibility index (Phi) is 6.82. The second-order valence-electron chi connectivity index (χ2n) is 13.8. The van der Waals surface area contributed by atoms with E-state index in [2.05, 4.69) is 197 Å². The van der Waals surface area contributed by atoms with E-state index in [-0.39, 0.29) is 0 Å². The minimum Gasteiger partial charge on any atom is -0.316 e. The van der Waals surface area contributed by atoms with Crippen molar-refractivity contribution in [3.8, 4) is 45.1 Å². The molecule has 11 rings (SSSR count). The maximum Gasteiger partial charge on any atom is 0.160 e. The summed E-state index contributed by atoms with van der Waals surface area (Å²) in [6.45, 7) is 0. The fourth-order valence-electron chi connectivity index (χ4n) is 8.26. The van der Waals surface area contributed by atoms with E-state index >= 15 is 0 Å². The molecule has 8 aromatic carbocycles. The van der Waals surface area contributed by atoms with Crippen molar-refractivity contribution in [3.63, 3.8) is 0 Å². The number of nitrogens with zero attached hydrogens (tertiary/aromatic N) is 4. The molecule has 54 heavy (non-hydrogen) atoms. The lowest BCUT2D eigenvalue weighted by Gasteiger charge is -2.13. The van der Waals surface area contributed by atoms with Crippen LogP contribution in [0.4, 0.5) is 0 Å². The predicted molar refractivity (Wildman–Crippen MR) is 225 cm³/mol. The lowest BCUT2D eigenvalue weighted by molar-refractivity contribution is 1.13. The topological polar surface area (TPSA) is 35.6 Å². The van der Waals surface area contributed by atoms with Gasteiger partial charge in [0, 0.05) is 50.2 Å². The zero-order valence-electron chi connectivity index (χ0n) is 29.3. The van der Waals surface area contributed by atoms with E-state index in [1.54, 1.807) is 0 Å². The first-order chi connectivity index (χ1) is 26.8. The molecule has 0 aliphatic rings. The van der Waals surface area contributed by atoms with Gasteiger partial charge in [0.25, 0.3) is 0 Å². The van der Waals surface area contributed by atoms with Crippen LogP contribution < -0.4 is 0 Å². The standard InChI is InChI=1S/C50H32N4/c1-2-15-38(16-3-1)53-31-30-36-28-29-46-47(49(36)53)43-20-7-9-23-45(43)54(46)39-17-10-14-37(32-39)50-51-44-22-8-6-19-42(44)48(52-50)35-26-24-34(25-27-35)41-21-11-13-33-12-4-5-18-40(33)41/h1-32H. The minimum absolute atomic E-state index is 0.699. The van der Waals surface area contributed by atoms with Crippen molar-refractivity contribution in [2.24, 2.45) is 0 Å². The lowest BCUT2D eigenvalue weighted by atomic mass is 9.96. The minimum atomic E-state index is 0.699. The first kappa shape index (κ1) is 30.3. The molecule has 4 heteroatoms. The van der Waals surface area contributed by atoms with Gasteiger partial charge in [0.2, 0.25) is 0 Å². The van der Waals surface area contributed by atoms with Crippen LogP contribution in [0.15, 0.2) is 194 Å². The third-order valence-corrected chi connectivity index (χ3v) is 10.7. The van der Waals surface area contributed by atoms with Gasteiger partial charge in [-0.3, -0.25) is 0 Å². The van der Waals surface area contributed by atoms with E-state index in [9.17, 15) is 0 Å². The molecule has 0 bridgehead atoms. The summed E-state index contributed by atoms with van der Waals surface area (Å²) in [6, 6.07) is 66.8. The summed E-state index contributed by atoms with van der Waals surface area (Å²) >= 11 is 0. The Balaban J connectivity index is 1.06. The molecule has 4 nitrogen and oxygen atoms in total. The third-order valence-electron chi connectivity index (χ3n) is 10.7. The van der Waals surface area contributed by atoms with E-state index in [4.69, 9.17) is 9.97 Å². The molecule has 0 N–H and O–H groups in total. The Hall–Kier alpha value is -7.30. The summed E-state index contributed by atoms with van der Waals surface area (Å²) in [6.07, 6.45) is 2.18. The van der Waals surface area contributed by atoms with Crippen LogP contribution in [0.5, 0.6) is 0 Å². The van der Waals surface area contributed by atoms with Crippen molar-refractivity contribution in [2.45, 2.75) is 0 Å². The molecule has 0 unspecified atom stereocenters. The highest BCUT2D eigenvalue weighted by Crippen LogP contribution is 2.39. The maximum absolute atomic E-state index is 5.30. The monoisotopic (exact) mass is 688 g/mol. The van der Waals surface area contributed by atoms with Crippen molar-refractivity contribution in [2.75, 3.05) is 0 Å². The molecule has 3 heterocycles. The Bertz CT molecular complexity index is 3200. The molecule has 11 aromatic rings. The molecule has 0 saturated heterocycles. The van der Waals surface area contributed by atoms with Crippen LogP contribution in [0, 0.1) is 0 Å². The first-order valence-corrected chi connectivity index (χ1v) is 18.3. The predicted octanol–water partition coefficient (Wildman–Crippen LogP) is 12.8. The van der Waals surface area contributed by atoms with Gasteiger partial charge in [0.15, 0.2) is 5.82 Å². The zero-order valence-corrected chi connectivity index (χ0v) is 29.3. The van der Waals surface area contributed by atoms with E-state index in [0.717, 1.165) is 50.1 Å². The summed E-state index contributed by atoms with van der Waals surface area (Å²) in [5, 5.41) is 7.19. The normalized spacial score (nSPS) is 11.7. The van der Waals surface area contributed by atoms with Crippen LogP contribution >= 0.6 is 0 Å². The van der Waals surface area contributed by atoms with Crippen LogP contribution in [0.2, 0.25) is 0 Å². The molecule has 0 aliphatic carbocycles. The quantitative estimate of drug-likeness (QED) is 0.180. The van der Waals surface area contributed by atoms with Crippen molar-refractivity contribution in [3.05, 3.63) is 194 Å². The van der Waals surface area contributed by atoms with Crippen LogP contribution in [0.3, 0.4) is 0 Å². The molecular weight excluding hydrogens is 657 g/mol. The summed E-state index contributed by atoms with van der Waals surface area (Å²) in [5.74, 6) is 0.699. The molecule has 0 atom stereocenters. The summed E-state index contributed by atoms with van der Waals surface area (Å²) in [5.41, 5.74) is 12.0. The number of rotatable bonds is 5. The molecule has 0 amide bonds. The Morgan fingerprint density at radius 1 is 0.407 bits per heavy atom. The fourth-order valence-corrected chi connectivity index (χ4v) is 8.26. The van der Waals surface area contributed by atoms with Crippen molar-refractivity contribution in [1.29, 1.82) is 0 Å². The molecule has 252 valence electrons. The number of para-hydroxylation sites is 3. The van der Waals surface area contributed by atoms with Gasteiger partial charge in [-0.15, -0.1) is 0 Å². The molecule has 0 aliphatic heterocycles. The lowest BCUT2D eigenvalue weighted by Crippen LogP contribution is -1.98. The van der Waals surface area contributed by atoms with Gasteiger partial charge in [-0.2, -0.15) is 0 Å². The highest BCUT2D eigenvalue weighted by Gasteiger charge is 2.19. The SMILES string of the molecule is c1ccc(-n2ccc3ccc4c(c5ccccc5n4-c4cccc(-c5nc(-c6ccc(-c7cccc8ccccc78)cc6)c6ccccc6n5)c4)c32)cc1. The second kappa shape index (κ2) is 12.1. The number of hydrogen-bond donors (Lipinski definition) is 0. The van der Waals surface area contributed by atoms with Crippen molar-refractivity contribution in [1.82, 2.24) is 19.1 Å². The average molecular weight is 689 g/mol. The fraction of sp³-hybridized carbons (Fsp3) is 0. The molecule has 0 radical (unpaired) electrons. The highest BCUT2D eigenvalue weighted by molar-refractivity contribution is 6.20. The van der Waals surface area contributed by atoms with E-state index in [1.165, 1.54) is 43.6 Å². The number of fused-ring (bicyclic) bond motifs is 7. The van der Waals surface area contributed by atoms with Crippen molar-refractivity contribution < 1.29 is 0 Å². The smallest absolute Gasteiger partial charge is 0.160 e. The molecule has 3 aromatic heterocycles. The third kappa shape index (κ3) is 4.78. The largest absolute Gasteiger partial charge is 0.316 e. The Labute approximate surface area is 311 Å². The molecule has 0 saturated carbocycles. The maximum atomic E-state index is 5.30.